The van der Waals surface area contributed by atoms with Gasteiger partial charge in [0.25, 0.3) is 0 Å². The minimum Gasteiger partial charge on any atom is -0.433 e. The predicted octanol–water partition coefficient (Wildman–Crippen LogP) is 1.16. The van der Waals surface area contributed by atoms with Gasteiger partial charge in [0.2, 0.25) is 0 Å². The van der Waals surface area contributed by atoms with Crippen LogP contribution in [-0.4, -0.2) is 12.5 Å². The second kappa shape index (κ2) is 4.01. The second-order valence-corrected chi connectivity index (χ2v) is 2.64. The molecule has 1 N–H and O–H groups in total. The van der Waals surface area contributed by atoms with Crippen molar-refractivity contribution in [2.75, 3.05) is 6.54 Å². The second-order valence-electron chi connectivity index (χ2n) is 2.64. The van der Waals surface area contributed by atoms with Crippen LogP contribution in [0.25, 0.3) is 0 Å². The molecule has 3 heteroatoms. The summed E-state index contributed by atoms with van der Waals surface area (Å²) < 4.78 is 4.72. The van der Waals surface area contributed by atoms with E-state index in [4.69, 9.17) is 4.74 Å². The number of rotatable bonds is 1. The zero-order valence-corrected chi connectivity index (χ0v) is 6.72. The van der Waals surface area contributed by atoms with Crippen molar-refractivity contribution in [3.8, 4) is 0 Å². The summed E-state index contributed by atoms with van der Waals surface area (Å²) in [5.74, 6) is -0.259. The summed E-state index contributed by atoms with van der Waals surface area (Å²) in [6, 6.07) is 0. The number of allylic oxidation sites excluding steroid dienone is 1. The first-order chi connectivity index (χ1) is 5.29. The maximum absolute atomic E-state index is 10.4. The number of hydrogen-bond acceptors (Lipinski definition) is 3. The molecule has 1 aliphatic rings. The molecule has 0 aromatic heterocycles. The minimum absolute atomic E-state index is 0.259. The monoisotopic (exact) mass is 155 g/mol. The highest BCUT2D eigenvalue weighted by Gasteiger charge is 2.03. The summed E-state index contributed by atoms with van der Waals surface area (Å²) in [6.45, 7) is 2.40. The van der Waals surface area contributed by atoms with Crippen molar-refractivity contribution in [1.82, 2.24) is 5.32 Å². The predicted molar refractivity (Wildman–Crippen MR) is 41.7 cm³/mol. The highest BCUT2D eigenvalue weighted by molar-refractivity contribution is 5.66. The van der Waals surface area contributed by atoms with Crippen LogP contribution in [0.3, 0.4) is 0 Å². The molecule has 0 bridgehead atoms. The zero-order valence-electron chi connectivity index (χ0n) is 6.72. The summed E-state index contributed by atoms with van der Waals surface area (Å²) >= 11 is 0. The third kappa shape index (κ3) is 3.07. The lowest BCUT2D eigenvalue weighted by atomic mass is 10.1. The van der Waals surface area contributed by atoms with Gasteiger partial charge in [-0.05, 0) is 19.3 Å². The first kappa shape index (κ1) is 8.11. The normalized spacial score (nSPS) is 21.0. The minimum atomic E-state index is -0.259. The number of carbonyl (C=O) groups is 1. The van der Waals surface area contributed by atoms with Crippen LogP contribution < -0.4 is 5.32 Å². The van der Waals surface area contributed by atoms with Crippen LogP contribution in [0.4, 0.5) is 0 Å². The number of carbonyl (C=O) groups excluding carboxylic acids is 1. The summed E-state index contributed by atoms with van der Waals surface area (Å²) in [5, 5.41) is 3.16. The number of piperidine rings is 1. The Bertz CT molecular complexity index is 167. The molecule has 0 aromatic rings. The fourth-order valence-corrected chi connectivity index (χ4v) is 1.03. The maximum atomic E-state index is 10.4. The smallest absolute Gasteiger partial charge is 0.307 e. The topological polar surface area (TPSA) is 38.3 Å². The Morgan fingerprint density at radius 2 is 2.45 bits per heavy atom. The Morgan fingerprint density at radius 3 is 3.00 bits per heavy atom. The molecule has 0 spiro atoms. The van der Waals surface area contributed by atoms with Gasteiger partial charge >= 0.3 is 5.97 Å². The molecule has 0 amide bonds. The SMILES string of the molecule is CC(=O)O/C=C1/CCCCN1. The van der Waals surface area contributed by atoms with E-state index in [-0.39, 0.29) is 5.97 Å². The summed E-state index contributed by atoms with van der Waals surface area (Å²) in [7, 11) is 0. The molecule has 0 radical (unpaired) electrons. The third-order valence-corrected chi connectivity index (χ3v) is 1.59. The maximum Gasteiger partial charge on any atom is 0.307 e. The summed E-state index contributed by atoms with van der Waals surface area (Å²) in [4.78, 5) is 10.4. The largest absolute Gasteiger partial charge is 0.433 e. The van der Waals surface area contributed by atoms with E-state index in [9.17, 15) is 4.79 Å². The Balaban J connectivity index is 2.32. The lowest BCUT2D eigenvalue weighted by Gasteiger charge is -2.15. The quantitative estimate of drug-likeness (QED) is 0.456. The molecule has 0 aromatic carbocycles. The van der Waals surface area contributed by atoms with Crippen LogP contribution in [-0.2, 0) is 9.53 Å². The van der Waals surface area contributed by atoms with Crippen molar-refractivity contribution in [3.63, 3.8) is 0 Å². The Hall–Kier alpha value is -0.990. The van der Waals surface area contributed by atoms with E-state index >= 15 is 0 Å². The molecule has 11 heavy (non-hydrogen) atoms. The van der Waals surface area contributed by atoms with Gasteiger partial charge in [-0.3, -0.25) is 4.79 Å². The molecule has 3 nitrogen and oxygen atoms in total. The number of esters is 1. The molecule has 1 rings (SSSR count). The molecule has 0 aliphatic carbocycles. The van der Waals surface area contributed by atoms with E-state index in [0.717, 1.165) is 18.7 Å². The fourth-order valence-electron chi connectivity index (χ4n) is 1.03. The summed E-state index contributed by atoms with van der Waals surface area (Å²) in [6.07, 6.45) is 4.90. The Labute approximate surface area is 66.4 Å². The van der Waals surface area contributed by atoms with Crippen molar-refractivity contribution in [2.24, 2.45) is 0 Å². The van der Waals surface area contributed by atoms with Gasteiger partial charge in [-0.15, -0.1) is 0 Å². The van der Waals surface area contributed by atoms with Gasteiger partial charge in [0.15, 0.2) is 0 Å². The molecular formula is C8H13NO2. The molecule has 0 saturated carbocycles. The van der Waals surface area contributed by atoms with Gasteiger partial charge in [-0.2, -0.15) is 0 Å². The lowest BCUT2D eigenvalue weighted by Crippen LogP contribution is -2.20. The standard InChI is InChI=1S/C8H13NO2/c1-7(10)11-6-8-4-2-3-5-9-8/h6,9H,2-5H2,1H3/b8-6-. The van der Waals surface area contributed by atoms with E-state index in [1.54, 1.807) is 0 Å². The molecule has 62 valence electrons. The van der Waals surface area contributed by atoms with Crippen LogP contribution in [0.1, 0.15) is 26.2 Å². The molecule has 1 aliphatic heterocycles. The Kier molecular flexibility index (Phi) is 2.95. The summed E-state index contributed by atoms with van der Waals surface area (Å²) in [5.41, 5.74) is 1.03. The van der Waals surface area contributed by atoms with Gasteiger partial charge in [-0.25, -0.2) is 0 Å². The fraction of sp³-hybridized carbons (Fsp3) is 0.625. The van der Waals surface area contributed by atoms with Crippen molar-refractivity contribution >= 4 is 5.97 Å². The van der Waals surface area contributed by atoms with Gasteiger partial charge in [0.1, 0.15) is 6.26 Å². The van der Waals surface area contributed by atoms with Crippen LogP contribution in [0.2, 0.25) is 0 Å². The molecular weight excluding hydrogens is 142 g/mol. The van der Waals surface area contributed by atoms with Crippen molar-refractivity contribution in [1.29, 1.82) is 0 Å². The van der Waals surface area contributed by atoms with Crippen molar-refractivity contribution < 1.29 is 9.53 Å². The number of ether oxygens (including phenoxy) is 1. The molecule has 0 atom stereocenters. The van der Waals surface area contributed by atoms with Crippen molar-refractivity contribution in [3.05, 3.63) is 12.0 Å². The molecule has 1 heterocycles. The highest BCUT2D eigenvalue weighted by Crippen LogP contribution is 2.09. The number of nitrogens with one attached hydrogen (secondary N) is 1. The van der Waals surface area contributed by atoms with Gasteiger partial charge in [0.05, 0.1) is 0 Å². The van der Waals surface area contributed by atoms with E-state index in [1.807, 2.05) is 0 Å². The highest BCUT2D eigenvalue weighted by atomic mass is 16.5. The van der Waals surface area contributed by atoms with Crippen LogP contribution in [0.5, 0.6) is 0 Å². The lowest BCUT2D eigenvalue weighted by molar-refractivity contribution is -0.135. The van der Waals surface area contributed by atoms with E-state index in [0.29, 0.717) is 0 Å². The van der Waals surface area contributed by atoms with Crippen LogP contribution in [0, 0.1) is 0 Å². The average Bonchev–Trinajstić information content (AvgIpc) is 2.03. The average molecular weight is 155 g/mol. The van der Waals surface area contributed by atoms with E-state index < -0.39 is 0 Å². The van der Waals surface area contributed by atoms with Crippen molar-refractivity contribution in [2.45, 2.75) is 26.2 Å². The molecule has 1 fully saturated rings. The van der Waals surface area contributed by atoms with E-state index in [1.165, 1.54) is 26.0 Å². The van der Waals surface area contributed by atoms with Gasteiger partial charge in [0, 0.05) is 19.2 Å². The first-order valence-electron chi connectivity index (χ1n) is 3.89. The van der Waals surface area contributed by atoms with Crippen LogP contribution in [0.15, 0.2) is 12.0 Å². The van der Waals surface area contributed by atoms with Gasteiger partial charge < -0.3 is 10.1 Å². The number of hydrogen-bond donors (Lipinski definition) is 1. The molecule has 1 saturated heterocycles. The van der Waals surface area contributed by atoms with E-state index in [2.05, 4.69) is 5.32 Å². The zero-order chi connectivity index (χ0) is 8.10. The first-order valence-corrected chi connectivity index (χ1v) is 3.89. The van der Waals surface area contributed by atoms with Gasteiger partial charge in [-0.1, -0.05) is 0 Å². The Morgan fingerprint density at radius 1 is 1.64 bits per heavy atom. The van der Waals surface area contributed by atoms with Crippen LogP contribution >= 0.6 is 0 Å². The third-order valence-electron chi connectivity index (χ3n) is 1.59. The molecule has 0 unspecified atom stereocenters.